The molecule has 1 aromatic heterocycles. The van der Waals surface area contributed by atoms with Gasteiger partial charge < -0.3 is 14.4 Å². The Kier molecular flexibility index (Phi) is 5.05. The number of methoxy groups -OCH3 is 1. The number of benzene rings is 1. The van der Waals surface area contributed by atoms with Gasteiger partial charge in [-0.2, -0.15) is 0 Å². The van der Waals surface area contributed by atoms with Crippen LogP contribution in [0.3, 0.4) is 0 Å². The average molecular weight is 316 g/mol. The van der Waals surface area contributed by atoms with E-state index in [-0.39, 0.29) is 12.5 Å². The highest BCUT2D eigenvalue weighted by atomic mass is 16.5. The molecule has 0 unspecified atom stereocenters. The molecule has 0 aliphatic heterocycles. The predicted octanol–water partition coefficient (Wildman–Crippen LogP) is 2.36. The Morgan fingerprint density at radius 1 is 1.04 bits per heavy atom. The van der Waals surface area contributed by atoms with Crippen molar-refractivity contribution >= 4 is 11.9 Å². The lowest BCUT2D eigenvalue weighted by atomic mass is 10.2. The molecule has 0 saturated heterocycles. The highest BCUT2D eigenvalue weighted by molar-refractivity contribution is 5.97. The number of ether oxygens (including phenoxy) is 2. The number of esters is 1. The first-order chi connectivity index (χ1) is 11.0. The van der Waals surface area contributed by atoms with Crippen molar-refractivity contribution in [2.24, 2.45) is 0 Å². The van der Waals surface area contributed by atoms with Gasteiger partial charge in [-0.05, 0) is 43.3 Å². The number of rotatable bonds is 5. The summed E-state index contributed by atoms with van der Waals surface area (Å²) in [4.78, 5) is 26.0. The Labute approximate surface area is 135 Å². The van der Waals surface area contributed by atoms with Crippen LogP contribution in [0.25, 0.3) is 5.69 Å². The van der Waals surface area contributed by atoms with Crippen LogP contribution in [0.4, 0.5) is 0 Å². The fraction of sp³-hybridized carbons (Fsp3) is 0.294. The first-order valence-electron chi connectivity index (χ1n) is 7.24. The van der Waals surface area contributed by atoms with Crippen molar-refractivity contribution in [3.05, 3.63) is 47.8 Å². The second-order valence-electron chi connectivity index (χ2n) is 5.06. The van der Waals surface area contributed by atoms with Crippen LogP contribution >= 0.6 is 0 Å². The van der Waals surface area contributed by atoms with E-state index in [1.54, 1.807) is 69.1 Å². The van der Waals surface area contributed by atoms with Gasteiger partial charge in [0.05, 0.1) is 13.7 Å². The Hall–Kier alpha value is -2.76. The van der Waals surface area contributed by atoms with Gasteiger partial charge in [-0.1, -0.05) is 0 Å². The van der Waals surface area contributed by atoms with E-state index in [0.717, 1.165) is 0 Å². The van der Waals surface area contributed by atoms with Gasteiger partial charge in [-0.25, -0.2) is 4.79 Å². The summed E-state index contributed by atoms with van der Waals surface area (Å²) in [6.07, 6.45) is 0. The minimum absolute atomic E-state index is 0.198. The third-order valence-electron chi connectivity index (χ3n) is 3.32. The molecule has 0 atom stereocenters. The molecule has 6 heteroatoms. The molecular weight excluding hydrogens is 296 g/mol. The fourth-order valence-electron chi connectivity index (χ4n) is 2.21. The van der Waals surface area contributed by atoms with E-state index in [1.807, 2.05) is 0 Å². The van der Waals surface area contributed by atoms with Gasteiger partial charge in [0.1, 0.15) is 17.1 Å². The van der Waals surface area contributed by atoms with Crippen molar-refractivity contribution in [1.29, 1.82) is 0 Å². The lowest BCUT2D eigenvalue weighted by Crippen LogP contribution is -2.25. The molecule has 1 aromatic carbocycles. The van der Waals surface area contributed by atoms with E-state index in [0.29, 0.717) is 22.8 Å². The zero-order valence-corrected chi connectivity index (χ0v) is 13.7. The van der Waals surface area contributed by atoms with Gasteiger partial charge >= 0.3 is 5.97 Å². The van der Waals surface area contributed by atoms with Crippen molar-refractivity contribution in [2.45, 2.75) is 6.92 Å². The zero-order valence-electron chi connectivity index (χ0n) is 13.7. The Balaban J connectivity index is 2.57. The second-order valence-corrected chi connectivity index (χ2v) is 5.06. The summed E-state index contributed by atoms with van der Waals surface area (Å²) in [6.45, 7) is 2.01. The lowest BCUT2D eigenvalue weighted by Gasteiger charge is -2.16. The fourth-order valence-corrected chi connectivity index (χ4v) is 2.21. The quantitative estimate of drug-likeness (QED) is 0.795. The molecule has 2 aromatic rings. The second kappa shape index (κ2) is 7.00. The molecule has 6 nitrogen and oxygen atoms in total. The van der Waals surface area contributed by atoms with Crippen LogP contribution in [0.1, 0.15) is 27.9 Å². The van der Waals surface area contributed by atoms with Crippen molar-refractivity contribution in [3.63, 3.8) is 0 Å². The molecule has 122 valence electrons. The standard InChI is InChI=1S/C17H20N2O4/c1-5-23-17(21)15-11-10-14(16(20)18(2)3)19(15)12-6-8-13(22-4)9-7-12/h6-11H,5H2,1-4H3. The van der Waals surface area contributed by atoms with Crippen LogP contribution in [-0.2, 0) is 4.74 Å². The van der Waals surface area contributed by atoms with Crippen molar-refractivity contribution in [3.8, 4) is 11.4 Å². The minimum atomic E-state index is -0.471. The monoisotopic (exact) mass is 316 g/mol. The average Bonchev–Trinajstić information content (AvgIpc) is 2.99. The summed E-state index contributed by atoms with van der Waals surface area (Å²) >= 11 is 0. The summed E-state index contributed by atoms with van der Waals surface area (Å²) in [7, 11) is 4.91. The zero-order chi connectivity index (χ0) is 17.0. The van der Waals surface area contributed by atoms with E-state index in [4.69, 9.17) is 9.47 Å². The molecule has 0 radical (unpaired) electrons. The Bertz CT molecular complexity index is 702. The molecule has 0 saturated carbocycles. The molecule has 23 heavy (non-hydrogen) atoms. The van der Waals surface area contributed by atoms with E-state index < -0.39 is 5.97 Å². The number of hydrogen-bond donors (Lipinski definition) is 0. The van der Waals surface area contributed by atoms with Gasteiger partial charge in [0.15, 0.2) is 0 Å². The van der Waals surface area contributed by atoms with Crippen molar-refractivity contribution in [2.75, 3.05) is 27.8 Å². The number of aromatic nitrogens is 1. The SMILES string of the molecule is CCOC(=O)c1ccc(C(=O)N(C)C)n1-c1ccc(OC)cc1. The molecule has 1 heterocycles. The molecule has 1 amide bonds. The van der Waals surface area contributed by atoms with Gasteiger partial charge in [-0.15, -0.1) is 0 Å². The van der Waals surface area contributed by atoms with Crippen LogP contribution in [0.15, 0.2) is 36.4 Å². The maximum Gasteiger partial charge on any atom is 0.355 e. The number of amides is 1. The Morgan fingerprint density at radius 3 is 2.17 bits per heavy atom. The van der Waals surface area contributed by atoms with Gasteiger partial charge in [-0.3, -0.25) is 9.36 Å². The molecular formula is C17H20N2O4. The third kappa shape index (κ3) is 3.36. The largest absolute Gasteiger partial charge is 0.497 e. The first-order valence-corrected chi connectivity index (χ1v) is 7.24. The number of nitrogens with zero attached hydrogens (tertiary/aromatic N) is 2. The van der Waals surface area contributed by atoms with Crippen LogP contribution < -0.4 is 4.74 Å². The van der Waals surface area contributed by atoms with Crippen LogP contribution in [0.5, 0.6) is 5.75 Å². The molecule has 0 aliphatic rings. The molecule has 0 fully saturated rings. The molecule has 0 spiro atoms. The molecule has 0 N–H and O–H groups in total. The summed E-state index contributed by atoms with van der Waals surface area (Å²) in [5.41, 5.74) is 1.38. The highest BCUT2D eigenvalue weighted by Gasteiger charge is 2.22. The van der Waals surface area contributed by atoms with Crippen LogP contribution in [0.2, 0.25) is 0 Å². The van der Waals surface area contributed by atoms with Gasteiger partial charge in [0.25, 0.3) is 5.91 Å². The molecule has 2 rings (SSSR count). The lowest BCUT2D eigenvalue weighted by molar-refractivity contribution is 0.0517. The number of carbonyl (C=O) groups is 2. The molecule has 0 aliphatic carbocycles. The smallest absolute Gasteiger partial charge is 0.355 e. The maximum atomic E-state index is 12.4. The Morgan fingerprint density at radius 2 is 1.65 bits per heavy atom. The third-order valence-corrected chi connectivity index (χ3v) is 3.32. The van der Waals surface area contributed by atoms with E-state index in [1.165, 1.54) is 4.90 Å². The minimum Gasteiger partial charge on any atom is -0.497 e. The van der Waals surface area contributed by atoms with Crippen LogP contribution in [0, 0.1) is 0 Å². The normalized spacial score (nSPS) is 10.3. The summed E-state index contributed by atoms with van der Waals surface area (Å²) < 4.78 is 11.8. The number of hydrogen-bond acceptors (Lipinski definition) is 4. The summed E-state index contributed by atoms with van der Waals surface area (Å²) in [5.74, 6) is 0.0246. The summed E-state index contributed by atoms with van der Waals surface area (Å²) in [6, 6.07) is 10.3. The molecule has 0 bridgehead atoms. The highest BCUT2D eigenvalue weighted by Crippen LogP contribution is 2.22. The van der Waals surface area contributed by atoms with Crippen molar-refractivity contribution < 1.29 is 19.1 Å². The first kappa shape index (κ1) is 16.6. The van der Waals surface area contributed by atoms with E-state index >= 15 is 0 Å². The maximum absolute atomic E-state index is 12.4. The van der Waals surface area contributed by atoms with E-state index in [9.17, 15) is 9.59 Å². The van der Waals surface area contributed by atoms with Gasteiger partial charge in [0.2, 0.25) is 0 Å². The predicted molar refractivity (Wildman–Crippen MR) is 86.3 cm³/mol. The summed E-state index contributed by atoms with van der Waals surface area (Å²) in [5, 5.41) is 0. The van der Waals surface area contributed by atoms with E-state index in [2.05, 4.69) is 0 Å². The topological polar surface area (TPSA) is 60.8 Å². The van der Waals surface area contributed by atoms with Crippen molar-refractivity contribution in [1.82, 2.24) is 9.47 Å². The number of carbonyl (C=O) groups excluding carboxylic acids is 2. The van der Waals surface area contributed by atoms with Gasteiger partial charge in [0, 0.05) is 19.8 Å². The van der Waals surface area contributed by atoms with Crippen LogP contribution in [-0.4, -0.2) is 49.2 Å².